The molecule has 164 valence electrons. The maximum Gasteiger partial charge on any atom is 0.511 e. The summed E-state index contributed by atoms with van der Waals surface area (Å²) in [7, 11) is -3.68. The Labute approximate surface area is 172 Å². The molecule has 2 aromatic rings. The number of hydrogen-bond donors (Lipinski definition) is 2. The number of halogens is 3. The summed E-state index contributed by atoms with van der Waals surface area (Å²) >= 11 is 0. The highest BCUT2D eigenvalue weighted by atomic mass is 32.2. The molecule has 0 radical (unpaired) electrons. The van der Waals surface area contributed by atoms with Crippen molar-refractivity contribution in [3.05, 3.63) is 48.5 Å². The van der Waals surface area contributed by atoms with Gasteiger partial charge in [-0.2, -0.15) is 17.5 Å². The molecular weight excluding hydrogens is 421 g/mol. The molecule has 30 heavy (non-hydrogen) atoms. The third-order valence-corrected chi connectivity index (χ3v) is 6.50. The third kappa shape index (κ3) is 4.93. The number of aromatic nitrogens is 2. The molecule has 12 heteroatoms. The number of imidazole rings is 1. The molecule has 1 aliphatic rings. The molecule has 0 bridgehead atoms. The summed E-state index contributed by atoms with van der Waals surface area (Å²) in [5.41, 5.74) is -3.30. The first kappa shape index (κ1) is 22.1. The Morgan fingerprint density at radius 3 is 2.57 bits per heavy atom. The SMILES string of the molecule is CN=C(NCc1ccccc1-n1ccnc1)NC1CCN(S(=O)(=O)C(F)(F)F)CC1. The van der Waals surface area contributed by atoms with Crippen LogP contribution in [0, 0.1) is 0 Å². The molecule has 0 atom stereocenters. The average molecular weight is 444 g/mol. The van der Waals surface area contributed by atoms with Gasteiger partial charge in [0.05, 0.1) is 12.0 Å². The maximum atomic E-state index is 12.7. The zero-order chi connectivity index (χ0) is 21.8. The van der Waals surface area contributed by atoms with Crippen molar-refractivity contribution < 1.29 is 21.6 Å². The second-order valence-corrected chi connectivity index (χ2v) is 8.72. The van der Waals surface area contributed by atoms with Gasteiger partial charge in [0.2, 0.25) is 0 Å². The molecule has 1 aromatic heterocycles. The fourth-order valence-corrected chi connectivity index (χ4v) is 4.25. The highest BCUT2D eigenvalue weighted by molar-refractivity contribution is 7.90. The summed E-state index contributed by atoms with van der Waals surface area (Å²) in [6, 6.07) is 7.60. The summed E-state index contributed by atoms with van der Waals surface area (Å²) in [6.45, 7) is 0.0786. The number of benzene rings is 1. The molecule has 1 aliphatic heterocycles. The topological polar surface area (TPSA) is 91.6 Å². The van der Waals surface area contributed by atoms with E-state index in [1.807, 2.05) is 35.0 Å². The average Bonchev–Trinajstić information content (AvgIpc) is 3.25. The van der Waals surface area contributed by atoms with E-state index < -0.39 is 15.5 Å². The standard InChI is InChI=1S/C18H23F3N6O2S/c1-22-17(24-12-14-4-2-3-5-16(14)26-11-8-23-13-26)25-15-6-9-27(10-7-15)30(28,29)18(19,20)21/h2-5,8,11,13,15H,6-7,9-10,12H2,1H3,(H2,22,24,25). The molecule has 0 unspecified atom stereocenters. The van der Waals surface area contributed by atoms with Gasteiger partial charge in [0.1, 0.15) is 0 Å². The van der Waals surface area contributed by atoms with Crippen molar-refractivity contribution in [2.75, 3.05) is 20.1 Å². The lowest BCUT2D eigenvalue weighted by Crippen LogP contribution is -2.51. The van der Waals surface area contributed by atoms with Gasteiger partial charge in [-0.15, -0.1) is 0 Å². The molecule has 0 spiro atoms. The Morgan fingerprint density at radius 1 is 1.27 bits per heavy atom. The summed E-state index contributed by atoms with van der Waals surface area (Å²) in [5, 5.41) is 6.35. The van der Waals surface area contributed by atoms with Crippen molar-refractivity contribution in [1.29, 1.82) is 0 Å². The predicted octanol–water partition coefficient (Wildman–Crippen LogP) is 1.85. The lowest BCUT2D eigenvalue weighted by atomic mass is 10.1. The van der Waals surface area contributed by atoms with Gasteiger partial charge in [-0.1, -0.05) is 18.2 Å². The Kier molecular flexibility index (Phi) is 6.66. The fourth-order valence-electron chi connectivity index (χ4n) is 3.27. The molecule has 2 N–H and O–H groups in total. The Morgan fingerprint density at radius 2 is 1.97 bits per heavy atom. The number of guanidine groups is 1. The van der Waals surface area contributed by atoms with Gasteiger partial charge in [0, 0.05) is 45.1 Å². The van der Waals surface area contributed by atoms with Gasteiger partial charge in [-0.25, -0.2) is 13.4 Å². The van der Waals surface area contributed by atoms with Crippen LogP contribution in [-0.4, -0.2) is 59.9 Å². The van der Waals surface area contributed by atoms with Gasteiger partial charge in [0.15, 0.2) is 5.96 Å². The van der Waals surface area contributed by atoms with Crippen molar-refractivity contribution in [3.63, 3.8) is 0 Å². The summed E-state index contributed by atoms with van der Waals surface area (Å²) in [6.07, 6.45) is 5.74. The van der Waals surface area contributed by atoms with E-state index in [4.69, 9.17) is 0 Å². The molecule has 1 aromatic carbocycles. The normalized spacial score (nSPS) is 17.1. The van der Waals surface area contributed by atoms with Crippen LogP contribution in [0.25, 0.3) is 5.69 Å². The van der Waals surface area contributed by atoms with E-state index in [1.165, 1.54) is 0 Å². The lowest BCUT2D eigenvalue weighted by molar-refractivity contribution is -0.0494. The van der Waals surface area contributed by atoms with Gasteiger partial charge >= 0.3 is 15.5 Å². The van der Waals surface area contributed by atoms with E-state index >= 15 is 0 Å². The molecule has 2 heterocycles. The number of alkyl halides is 3. The third-order valence-electron chi connectivity index (χ3n) is 4.87. The number of hydrogen-bond acceptors (Lipinski definition) is 4. The lowest BCUT2D eigenvalue weighted by Gasteiger charge is -2.32. The zero-order valence-electron chi connectivity index (χ0n) is 16.3. The van der Waals surface area contributed by atoms with Crippen molar-refractivity contribution in [1.82, 2.24) is 24.5 Å². The molecule has 0 amide bonds. The monoisotopic (exact) mass is 444 g/mol. The van der Waals surface area contributed by atoms with Crippen LogP contribution in [0.15, 0.2) is 48.0 Å². The highest BCUT2D eigenvalue weighted by Crippen LogP contribution is 2.28. The molecule has 3 rings (SSSR count). The zero-order valence-corrected chi connectivity index (χ0v) is 17.1. The number of nitrogens with zero attached hydrogens (tertiary/aromatic N) is 4. The van der Waals surface area contributed by atoms with E-state index in [-0.39, 0.29) is 32.0 Å². The van der Waals surface area contributed by atoms with Gasteiger partial charge < -0.3 is 15.2 Å². The number of rotatable bonds is 5. The first-order valence-corrected chi connectivity index (χ1v) is 10.8. The van der Waals surface area contributed by atoms with E-state index in [1.54, 1.807) is 19.6 Å². The van der Waals surface area contributed by atoms with Crippen LogP contribution in [0.3, 0.4) is 0 Å². The van der Waals surface area contributed by atoms with Crippen LogP contribution >= 0.6 is 0 Å². The highest BCUT2D eigenvalue weighted by Gasteiger charge is 2.50. The quantitative estimate of drug-likeness (QED) is 0.543. The molecule has 0 saturated carbocycles. The number of nitrogens with one attached hydrogen (secondary N) is 2. The Bertz CT molecular complexity index is 968. The van der Waals surface area contributed by atoms with Crippen molar-refractivity contribution >= 4 is 16.0 Å². The Hall–Kier alpha value is -2.60. The first-order chi connectivity index (χ1) is 14.2. The summed E-state index contributed by atoms with van der Waals surface area (Å²) in [4.78, 5) is 8.22. The maximum absolute atomic E-state index is 12.7. The van der Waals surface area contributed by atoms with Gasteiger partial charge in [-0.05, 0) is 24.5 Å². The minimum Gasteiger partial charge on any atom is -0.354 e. The Balaban J connectivity index is 1.56. The minimum atomic E-state index is -5.28. The van der Waals surface area contributed by atoms with Crippen LogP contribution in [0.5, 0.6) is 0 Å². The van der Waals surface area contributed by atoms with Crippen LogP contribution in [0.2, 0.25) is 0 Å². The van der Waals surface area contributed by atoms with E-state index in [0.29, 0.717) is 16.8 Å². The van der Waals surface area contributed by atoms with E-state index in [9.17, 15) is 21.6 Å². The minimum absolute atomic E-state index is 0.181. The largest absolute Gasteiger partial charge is 0.511 e. The smallest absolute Gasteiger partial charge is 0.354 e. The second kappa shape index (κ2) is 9.04. The number of para-hydroxylation sites is 1. The van der Waals surface area contributed by atoms with Crippen molar-refractivity contribution in [2.45, 2.75) is 30.9 Å². The summed E-state index contributed by atoms with van der Waals surface area (Å²) < 4.78 is 63.5. The molecule has 8 nitrogen and oxygen atoms in total. The fraction of sp³-hybridized carbons (Fsp3) is 0.444. The van der Waals surface area contributed by atoms with Crippen LogP contribution in [0.1, 0.15) is 18.4 Å². The predicted molar refractivity (Wildman–Crippen MR) is 106 cm³/mol. The van der Waals surface area contributed by atoms with Gasteiger partial charge in [-0.3, -0.25) is 4.99 Å². The van der Waals surface area contributed by atoms with Crippen LogP contribution in [-0.2, 0) is 16.6 Å². The van der Waals surface area contributed by atoms with Crippen LogP contribution in [0.4, 0.5) is 13.2 Å². The number of sulfonamides is 1. The molecular formula is C18H23F3N6O2S. The first-order valence-electron chi connectivity index (χ1n) is 9.32. The van der Waals surface area contributed by atoms with E-state index in [0.717, 1.165) is 11.3 Å². The number of aliphatic imine (C=N–C) groups is 1. The van der Waals surface area contributed by atoms with Gasteiger partial charge in [0.25, 0.3) is 0 Å². The molecule has 1 saturated heterocycles. The summed E-state index contributed by atoms with van der Waals surface area (Å²) in [5.74, 6) is 0.493. The van der Waals surface area contributed by atoms with Crippen molar-refractivity contribution in [2.24, 2.45) is 4.99 Å². The second-order valence-electron chi connectivity index (χ2n) is 6.79. The van der Waals surface area contributed by atoms with E-state index in [2.05, 4.69) is 20.6 Å². The number of piperidine rings is 1. The molecule has 1 fully saturated rings. The van der Waals surface area contributed by atoms with Crippen molar-refractivity contribution in [3.8, 4) is 5.69 Å². The molecule has 0 aliphatic carbocycles. The van der Waals surface area contributed by atoms with Crippen LogP contribution < -0.4 is 10.6 Å².